The van der Waals surface area contributed by atoms with Gasteiger partial charge in [0.25, 0.3) is 5.91 Å². The van der Waals surface area contributed by atoms with Crippen LogP contribution in [0.25, 0.3) is 0 Å². The van der Waals surface area contributed by atoms with Gasteiger partial charge in [0.05, 0.1) is 11.8 Å². The number of carbonyl (C=O) groups is 3. The molecule has 10 nitrogen and oxygen atoms in total. The van der Waals surface area contributed by atoms with Crippen LogP contribution in [0, 0.1) is 28.6 Å². The number of aliphatic hydroxyl groups is 3. The Balaban J connectivity index is 1.29. The van der Waals surface area contributed by atoms with Crippen molar-refractivity contribution in [2.24, 2.45) is 33.7 Å². The largest absolute Gasteiger partial charge is 0.480 e. The molecule has 3 saturated carbocycles. The fourth-order valence-corrected chi connectivity index (χ4v) is 8.94. The van der Waals surface area contributed by atoms with Crippen molar-refractivity contribution >= 4 is 23.4 Å². The minimum Gasteiger partial charge on any atom is -0.480 e. The number of rotatable bonds is 6. The van der Waals surface area contributed by atoms with Gasteiger partial charge >= 0.3 is 5.97 Å². The van der Waals surface area contributed by atoms with Gasteiger partial charge in [-0.15, -0.1) is 0 Å². The first-order valence-corrected chi connectivity index (χ1v) is 13.9. The topological polar surface area (TPSA) is 157 Å². The summed E-state index contributed by atoms with van der Waals surface area (Å²) in [7, 11) is 0. The van der Waals surface area contributed by atoms with Gasteiger partial charge in [-0.05, 0) is 87.0 Å². The molecule has 8 atom stereocenters. The Hall–Kier alpha value is -2.30. The summed E-state index contributed by atoms with van der Waals surface area (Å²) < 4.78 is 0. The molecule has 0 spiro atoms. The molecular formula is C28H40N2O8. The molecule has 4 aliphatic carbocycles. The van der Waals surface area contributed by atoms with Crippen LogP contribution in [-0.2, 0) is 19.2 Å². The molecule has 0 aromatic rings. The van der Waals surface area contributed by atoms with Crippen molar-refractivity contribution in [3.63, 3.8) is 0 Å². The molecule has 4 fully saturated rings. The Kier molecular flexibility index (Phi) is 6.97. The lowest BCUT2D eigenvalue weighted by molar-refractivity contribution is -0.181. The summed E-state index contributed by atoms with van der Waals surface area (Å²) in [6.45, 7) is 3.53. The maximum atomic E-state index is 12.6. The number of likely N-dealkylation sites (tertiary alicyclic amines) is 1. The van der Waals surface area contributed by atoms with Gasteiger partial charge in [0.15, 0.2) is 12.4 Å². The maximum Gasteiger partial charge on any atom is 0.326 e. The van der Waals surface area contributed by atoms with Gasteiger partial charge in [0, 0.05) is 12.0 Å². The van der Waals surface area contributed by atoms with E-state index in [0.717, 1.165) is 25.0 Å². The summed E-state index contributed by atoms with van der Waals surface area (Å²) in [6.07, 6.45) is 6.85. The van der Waals surface area contributed by atoms with E-state index in [1.165, 1.54) is 10.5 Å². The van der Waals surface area contributed by atoms with Gasteiger partial charge in [-0.1, -0.05) is 24.6 Å². The van der Waals surface area contributed by atoms with Crippen LogP contribution >= 0.6 is 0 Å². The Morgan fingerprint density at radius 2 is 1.92 bits per heavy atom. The number of carbonyl (C=O) groups excluding carboxylic acids is 2. The van der Waals surface area contributed by atoms with E-state index in [9.17, 15) is 34.8 Å². The Morgan fingerprint density at radius 3 is 2.63 bits per heavy atom. The zero-order valence-electron chi connectivity index (χ0n) is 22.3. The third-order valence-corrected chi connectivity index (χ3v) is 10.9. The lowest BCUT2D eigenvalue weighted by Crippen LogP contribution is -2.62. The number of aliphatic hydroxyl groups excluding tert-OH is 2. The van der Waals surface area contributed by atoms with E-state index in [2.05, 4.69) is 12.1 Å². The van der Waals surface area contributed by atoms with Gasteiger partial charge in [-0.3, -0.25) is 9.59 Å². The second kappa shape index (κ2) is 9.71. The number of Topliss-reactive ketones (excluding diaryl/α,β-unsaturated/α-hetero) is 1. The molecule has 1 heterocycles. The highest BCUT2D eigenvalue weighted by atomic mass is 16.6. The minimum atomic E-state index is -1.60. The summed E-state index contributed by atoms with van der Waals surface area (Å²) in [5, 5.41) is 45.9. The number of hydrogen-bond donors (Lipinski definition) is 4. The van der Waals surface area contributed by atoms with Crippen molar-refractivity contribution in [2.45, 2.75) is 89.4 Å². The standard InChI is InChI=1S/C28H40N2O8/c1-26-9-7-17(29-38-15-23(34)30-11-3-4-20(30)25(35)36)12-16(26)5-6-18-19-8-10-28(37,22(33)14-31)27(19,2)13-21(32)24(18)26/h12,18-21,24,31-32,37H,3-11,13-15H2,1-2H3,(H,35,36)/b29-17+/t18-,19-,20+,21+,24+,26-,27-,28-/m0/s1. The van der Waals surface area contributed by atoms with E-state index in [1.807, 2.05) is 13.0 Å². The first kappa shape index (κ1) is 27.3. The van der Waals surface area contributed by atoms with E-state index in [0.29, 0.717) is 45.1 Å². The van der Waals surface area contributed by atoms with Crippen LogP contribution in [0.4, 0.5) is 0 Å². The SMILES string of the molecule is C[C@]12CC/C(=N\OCC(=O)N3CCC[C@@H]3C(=O)O)C=C1CC[C@@H]1[C@@H]2[C@H](O)C[C@@]2(C)[C@H]1CC[C@]2(O)C(=O)CO. The molecule has 1 saturated heterocycles. The summed E-state index contributed by atoms with van der Waals surface area (Å²) in [4.78, 5) is 43.1. The molecule has 0 aromatic carbocycles. The highest BCUT2D eigenvalue weighted by Crippen LogP contribution is 2.67. The fourth-order valence-electron chi connectivity index (χ4n) is 8.94. The van der Waals surface area contributed by atoms with Crippen molar-refractivity contribution < 1.29 is 39.6 Å². The van der Waals surface area contributed by atoms with Gasteiger partial charge < -0.3 is 30.2 Å². The highest BCUT2D eigenvalue weighted by Gasteiger charge is 2.68. The summed E-state index contributed by atoms with van der Waals surface area (Å²) in [6, 6.07) is -0.798. The summed E-state index contributed by atoms with van der Waals surface area (Å²) in [5.41, 5.74) is -0.673. The molecule has 0 bridgehead atoms. The van der Waals surface area contributed by atoms with Crippen molar-refractivity contribution in [3.05, 3.63) is 11.6 Å². The third-order valence-electron chi connectivity index (χ3n) is 10.9. The lowest BCUT2D eigenvalue weighted by Gasteiger charge is -2.60. The number of fused-ring (bicyclic) bond motifs is 5. The number of hydrogen-bond acceptors (Lipinski definition) is 8. The zero-order chi connectivity index (χ0) is 27.5. The van der Waals surface area contributed by atoms with E-state index in [1.54, 1.807) is 0 Å². The molecule has 1 aliphatic heterocycles. The molecule has 10 heteroatoms. The average Bonchev–Trinajstić information content (AvgIpc) is 3.47. The normalized spacial score (nSPS) is 43.2. The van der Waals surface area contributed by atoms with Crippen LogP contribution in [0.2, 0.25) is 0 Å². The van der Waals surface area contributed by atoms with Crippen LogP contribution in [0.3, 0.4) is 0 Å². The van der Waals surface area contributed by atoms with Crippen LogP contribution < -0.4 is 0 Å². The van der Waals surface area contributed by atoms with Crippen LogP contribution in [0.5, 0.6) is 0 Å². The Labute approximate surface area is 222 Å². The fraction of sp³-hybridized carbons (Fsp3) is 0.786. The van der Waals surface area contributed by atoms with Crippen LogP contribution in [-0.4, -0.2) is 86.2 Å². The minimum absolute atomic E-state index is 0.000631. The molecule has 38 heavy (non-hydrogen) atoms. The Bertz CT molecular complexity index is 1070. The van der Waals surface area contributed by atoms with Gasteiger partial charge in [0.2, 0.25) is 0 Å². The lowest BCUT2D eigenvalue weighted by atomic mass is 9.45. The van der Waals surface area contributed by atoms with E-state index >= 15 is 0 Å². The monoisotopic (exact) mass is 532 g/mol. The molecule has 5 rings (SSSR count). The zero-order valence-corrected chi connectivity index (χ0v) is 22.3. The van der Waals surface area contributed by atoms with E-state index in [4.69, 9.17) is 4.84 Å². The maximum absolute atomic E-state index is 12.6. The molecule has 0 aromatic heterocycles. The quantitative estimate of drug-likeness (QED) is 0.376. The first-order chi connectivity index (χ1) is 18.0. The average molecular weight is 533 g/mol. The molecular weight excluding hydrogens is 492 g/mol. The predicted octanol–water partition coefficient (Wildman–Crippen LogP) is 1.66. The summed E-state index contributed by atoms with van der Waals surface area (Å²) in [5.74, 6) is -1.66. The number of allylic oxidation sites excluding steroid dienone is 2. The molecule has 5 aliphatic rings. The smallest absolute Gasteiger partial charge is 0.326 e. The second-order valence-electron chi connectivity index (χ2n) is 12.5. The molecule has 1 amide bonds. The number of oxime groups is 1. The van der Waals surface area contributed by atoms with Crippen LogP contribution in [0.15, 0.2) is 16.8 Å². The number of ketones is 1. The number of carboxylic acids is 1. The number of nitrogens with zero attached hydrogens (tertiary/aromatic N) is 2. The van der Waals surface area contributed by atoms with Gasteiger partial charge in [-0.2, -0.15) is 0 Å². The predicted molar refractivity (Wildman–Crippen MR) is 136 cm³/mol. The van der Waals surface area contributed by atoms with Crippen molar-refractivity contribution in [1.82, 2.24) is 4.90 Å². The van der Waals surface area contributed by atoms with Gasteiger partial charge in [0.1, 0.15) is 18.2 Å². The number of amides is 1. The third kappa shape index (κ3) is 4.02. The molecule has 0 unspecified atom stereocenters. The van der Waals surface area contributed by atoms with Crippen molar-refractivity contribution in [2.75, 3.05) is 19.8 Å². The van der Waals surface area contributed by atoms with Crippen molar-refractivity contribution in [3.8, 4) is 0 Å². The second-order valence-corrected chi connectivity index (χ2v) is 12.5. The Morgan fingerprint density at radius 1 is 1.16 bits per heavy atom. The number of carboxylic acid groups (broad SMARTS) is 1. The van der Waals surface area contributed by atoms with Gasteiger partial charge in [-0.25, -0.2) is 4.79 Å². The molecule has 0 radical (unpaired) electrons. The van der Waals surface area contributed by atoms with Crippen LogP contribution in [0.1, 0.15) is 71.6 Å². The van der Waals surface area contributed by atoms with E-state index in [-0.39, 0.29) is 35.7 Å². The first-order valence-electron chi connectivity index (χ1n) is 13.9. The van der Waals surface area contributed by atoms with E-state index < -0.39 is 41.5 Å². The highest BCUT2D eigenvalue weighted by molar-refractivity contribution is 5.96. The number of aliphatic carboxylic acids is 1. The molecule has 210 valence electrons. The molecule has 4 N–H and O–H groups in total. The summed E-state index contributed by atoms with van der Waals surface area (Å²) >= 11 is 0. The van der Waals surface area contributed by atoms with Crippen molar-refractivity contribution in [1.29, 1.82) is 0 Å².